The summed E-state index contributed by atoms with van der Waals surface area (Å²) in [7, 11) is 0. The second-order valence-electron chi connectivity index (χ2n) is 5.69. The number of carbonyl (C=O) groups is 1. The van der Waals surface area contributed by atoms with Crippen LogP contribution < -0.4 is 5.56 Å². The molecule has 1 aliphatic rings. The summed E-state index contributed by atoms with van der Waals surface area (Å²) >= 11 is 1.54. The van der Waals surface area contributed by atoms with Gasteiger partial charge in [-0.25, -0.2) is 4.98 Å². The van der Waals surface area contributed by atoms with Crippen molar-refractivity contribution in [3.05, 3.63) is 39.4 Å². The highest BCUT2D eigenvalue weighted by atomic mass is 32.1. The topological polar surface area (TPSA) is 55.2 Å². The van der Waals surface area contributed by atoms with Gasteiger partial charge in [0.1, 0.15) is 11.4 Å². The number of hydrogen-bond acceptors (Lipinski definition) is 4. The maximum Gasteiger partial charge on any atom is 0.262 e. The van der Waals surface area contributed by atoms with Crippen LogP contribution in [-0.4, -0.2) is 26.9 Å². The second-order valence-corrected chi connectivity index (χ2v) is 6.80. The lowest BCUT2D eigenvalue weighted by molar-refractivity contribution is -0.129. The molecule has 1 aliphatic carbocycles. The Morgan fingerprint density at radius 1 is 1.43 bits per heavy atom. The van der Waals surface area contributed by atoms with Crippen molar-refractivity contribution in [2.75, 3.05) is 6.54 Å². The molecule has 0 unspecified atom stereocenters. The molecule has 0 fully saturated rings. The third kappa shape index (κ3) is 3.08. The predicted molar refractivity (Wildman–Crippen MR) is 92.6 cm³/mol. The third-order valence-electron chi connectivity index (χ3n) is 4.20. The Morgan fingerprint density at radius 3 is 2.91 bits per heavy atom. The maximum absolute atomic E-state index is 12.6. The quantitative estimate of drug-likeness (QED) is 0.846. The van der Waals surface area contributed by atoms with Crippen molar-refractivity contribution in [1.29, 1.82) is 0 Å². The van der Waals surface area contributed by atoms with E-state index >= 15 is 0 Å². The van der Waals surface area contributed by atoms with E-state index in [0.717, 1.165) is 41.1 Å². The number of amides is 1. The van der Waals surface area contributed by atoms with Gasteiger partial charge in [-0.1, -0.05) is 13.0 Å². The van der Waals surface area contributed by atoms with E-state index in [2.05, 4.69) is 18.0 Å². The van der Waals surface area contributed by atoms with Crippen LogP contribution in [0.15, 0.2) is 29.0 Å². The van der Waals surface area contributed by atoms with Crippen molar-refractivity contribution in [3.8, 4) is 0 Å². The highest BCUT2D eigenvalue weighted by Gasteiger charge is 2.20. The van der Waals surface area contributed by atoms with Gasteiger partial charge in [0.25, 0.3) is 5.56 Å². The van der Waals surface area contributed by atoms with Crippen LogP contribution in [0.2, 0.25) is 0 Å². The number of likely N-dealkylation sites (N-methyl/N-ethyl adjacent to an activating group) is 1. The fourth-order valence-electron chi connectivity index (χ4n) is 2.97. The molecule has 0 spiro atoms. The smallest absolute Gasteiger partial charge is 0.262 e. The number of aryl methyl sites for hydroxylation is 1. The average molecular weight is 331 g/mol. The van der Waals surface area contributed by atoms with E-state index in [-0.39, 0.29) is 18.0 Å². The van der Waals surface area contributed by atoms with Gasteiger partial charge in [0.15, 0.2) is 0 Å². The van der Waals surface area contributed by atoms with E-state index in [0.29, 0.717) is 11.9 Å². The zero-order chi connectivity index (χ0) is 16.4. The summed E-state index contributed by atoms with van der Waals surface area (Å²) in [5.41, 5.74) is 0.958. The number of hydrogen-bond donors (Lipinski definition) is 0. The maximum atomic E-state index is 12.6. The second kappa shape index (κ2) is 6.66. The average Bonchev–Trinajstić information content (AvgIpc) is 3.20. The Morgan fingerprint density at radius 2 is 2.26 bits per heavy atom. The first-order valence-electron chi connectivity index (χ1n) is 8.11. The molecule has 122 valence electrons. The van der Waals surface area contributed by atoms with Gasteiger partial charge in [-0.3, -0.25) is 14.2 Å². The molecule has 2 aromatic heterocycles. The van der Waals surface area contributed by atoms with Crippen LogP contribution in [0, 0.1) is 0 Å². The minimum Gasteiger partial charge on any atom is -0.315 e. The third-order valence-corrected chi connectivity index (χ3v) is 5.39. The molecule has 3 rings (SSSR count). The first-order valence-corrected chi connectivity index (χ1v) is 8.93. The normalized spacial score (nSPS) is 14.3. The van der Waals surface area contributed by atoms with Crippen LogP contribution in [0.4, 0.5) is 0 Å². The van der Waals surface area contributed by atoms with E-state index in [1.54, 1.807) is 16.2 Å². The van der Waals surface area contributed by atoms with Crippen molar-refractivity contribution in [1.82, 2.24) is 14.5 Å². The molecule has 0 radical (unpaired) electrons. The van der Waals surface area contributed by atoms with Gasteiger partial charge in [0.2, 0.25) is 5.91 Å². The van der Waals surface area contributed by atoms with Crippen molar-refractivity contribution < 1.29 is 4.79 Å². The van der Waals surface area contributed by atoms with E-state index < -0.39 is 0 Å². The van der Waals surface area contributed by atoms with Gasteiger partial charge in [-0.05, 0) is 38.7 Å². The Kier molecular flexibility index (Phi) is 4.61. The van der Waals surface area contributed by atoms with Gasteiger partial charge >= 0.3 is 0 Å². The largest absolute Gasteiger partial charge is 0.315 e. The number of carbonyl (C=O) groups excluding carboxylic acids is 1. The van der Waals surface area contributed by atoms with E-state index in [4.69, 9.17) is 0 Å². The lowest BCUT2D eigenvalue weighted by Crippen LogP contribution is -2.35. The van der Waals surface area contributed by atoms with Crippen LogP contribution in [0.5, 0.6) is 0 Å². The summed E-state index contributed by atoms with van der Waals surface area (Å²) in [6.07, 6.45) is 7.57. The highest BCUT2D eigenvalue weighted by molar-refractivity contribution is 7.18. The molecule has 0 aliphatic heterocycles. The van der Waals surface area contributed by atoms with E-state index in [1.807, 2.05) is 13.0 Å². The first kappa shape index (κ1) is 15.9. The van der Waals surface area contributed by atoms with Crippen LogP contribution in [0.1, 0.15) is 38.0 Å². The Hall–Kier alpha value is -1.95. The number of rotatable bonds is 5. The number of aromatic nitrogens is 2. The van der Waals surface area contributed by atoms with Gasteiger partial charge in [0.05, 0.1) is 11.7 Å². The molecule has 0 aromatic carbocycles. The van der Waals surface area contributed by atoms with Gasteiger partial charge in [-0.2, -0.15) is 0 Å². The van der Waals surface area contributed by atoms with Crippen molar-refractivity contribution in [3.63, 3.8) is 0 Å². The van der Waals surface area contributed by atoms with Crippen LogP contribution in [-0.2, 0) is 17.8 Å². The molecular formula is C17H21N3O2S. The summed E-state index contributed by atoms with van der Waals surface area (Å²) in [5.74, 6) is -0.0464. The van der Waals surface area contributed by atoms with Crippen LogP contribution in [0.3, 0.4) is 0 Å². The predicted octanol–water partition coefficient (Wildman–Crippen LogP) is 2.94. The Bertz CT molecular complexity index is 819. The van der Waals surface area contributed by atoms with Crippen LogP contribution in [0.25, 0.3) is 10.2 Å². The lowest BCUT2D eigenvalue weighted by atomic mass is 10.3. The monoisotopic (exact) mass is 331 g/mol. The SMILES string of the molecule is CCc1cc2c(=O)n(CC(=O)N(CC)C3=CCCC3)cnc2s1. The Balaban J connectivity index is 1.87. The highest BCUT2D eigenvalue weighted by Crippen LogP contribution is 2.22. The Labute approximate surface area is 139 Å². The number of allylic oxidation sites excluding steroid dienone is 2. The molecular weight excluding hydrogens is 310 g/mol. The summed E-state index contributed by atoms with van der Waals surface area (Å²) < 4.78 is 1.43. The fourth-order valence-corrected chi connectivity index (χ4v) is 3.89. The number of thiophene rings is 1. The van der Waals surface area contributed by atoms with Crippen molar-refractivity contribution >= 4 is 27.5 Å². The summed E-state index contributed by atoms with van der Waals surface area (Å²) in [6.45, 7) is 4.70. The number of nitrogens with zero attached hydrogens (tertiary/aromatic N) is 3. The standard InChI is InChI=1S/C17H21N3O2S/c1-3-13-9-14-16(23-13)18-11-19(17(14)22)10-15(21)20(4-2)12-7-5-6-8-12/h7,9,11H,3-6,8,10H2,1-2H3. The molecule has 0 saturated heterocycles. The van der Waals surface area contributed by atoms with Gasteiger partial charge in [-0.15, -0.1) is 11.3 Å². The van der Waals surface area contributed by atoms with Crippen molar-refractivity contribution in [2.45, 2.75) is 46.1 Å². The minimum absolute atomic E-state index is 0.0459. The van der Waals surface area contributed by atoms with Gasteiger partial charge < -0.3 is 4.90 Å². The zero-order valence-corrected chi connectivity index (χ0v) is 14.4. The minimum atomic E-state index is -0.129. The molecule has 1 amide bonds. The lowest BCUT2D eigenvalue weighted by Gasteiger charge is -2.22. The molecule has 5 nitrogen and oxygen atoms in total. The molecule has 2 heterocycles. The molecule has 2 aromatic rings. The molecule has 0 N–H and O–H groups in total. The van der Waals surface area contributed by atoms with Crippen LogP contribution >= 0.6 is 11.3 Å². The summed E-state index contributed by atoms with van der Waals surface area (Å²) in [5, 5.41) is 0.616. The number of fused-ring (bicyclic) bond motifs is 1. The molecule has 0 saturated carbocycles. The first-order chi connectivity index (χ1) is 11.1. The zero-order valence-electron chi connectivity index (χ0n) is 13.5. The molecule has 23 heavy (non-hydrogen) atoms. The summed E-state index contributed by atoms with van der Waals surface area (Å²) in [6, 6.07) is 1.90. The summed E-state index contributed by atoms with van der Waals surface area (Å²) in [4.78, 5) is 33.2. The van der Waals surface area contributed by atoms with E-state index in [1.165, 1.54) is 10.9 Å². The van der Waals surface area contributed by atoms with Crippen molar-refractivity contribution in [2.24, 2.45) is 0 Å². The molecule has 0 bridgehead atoms. The molecule has 0 atom stereocenters. The van der Waals surface area contributed by atoms with E-state index in [9.17, 15) is 9.59 Å². The molecule has 6 heteroatoms. The fraction of sp³-hybridized carbons (Fsp3) is 0.471. The van der Waals surface area contributed by atoms with Gasteiger partial charge in [0, 0.05) is 17.1 Å².